The molecule has 5 nitrogen and oxygen atoms in total. The number of hydrogen-bond acceptors (Lipinski definition) is 4. The van der Waals surface area contributed by atoms with Gasteiger partial charge in [0.1, 0.15) is 11.4 Å². The second-order valence-electron chi connectivity index (χ2n) is 4.98. The fourth-order valence-corrected chi connectivity index (χ4v) is 2.23. The van der Waals surface area contributed by atoms with Crippen LogP contribution in [0.25, 0.3) is 5.69 Å². The standard InChI is InChI=1S/C17H16N4O/c1-12-17(19-18-14-8-10-16(22)11-9-14)13(2)21(20-12)15-6-4-3-5-7-15/h3-11,22H,1-2H3. The molecule has 1 heterocycles. The molecule has 0 atom stereocenters. The van der Waals surface area contributed by atoms with Crippen molar-refractivity contribution in [2.45, 2.75) is 13.8 Å². The molecule has 1 aromatic heterocycles. The topological polar surface area (TPSA) is 62.8 Å². The summed E-state index contributed by atoms with van der Waals surface area (Å²) < 4.78 is 1.86. The molecule has 0 saturated heterocycles. The summed E-state index contributed by atoms with van der Waals surface area (Å²) in [6, 6.07) is 16.5. The van der Waals surface area contributed by atoms with Gasteiger partial charge in [0.15, 0.2) is 0 Å². The first-order chi connectivity index (χ1) is 10.6. The van der Waals surface area contributed by atoms with Crippen LogP contribution in [0.1, 0.15) is 11.4 Å². The number of aromatic nitrogens is 2. The highest BCUT2D eigenvalue weighted by atomic mass is 16.3. The molecule has 0 radical (unpaired) electrons. The summed E-state index contributed by atoms with van der Waals surface area (Å²) in [5.74, 6) is 0.211. The average molecular weight is 292 g/mol. The number of aromatic hydroxyl groups is 1. The van der Waals surface area contributed by atoms with Crippen molar-refractivity contribution in [3.8, 4) is 11.4 Å². The van der Waals surface area contributed by atoms with E-state index >= 15 is 0 Å². The smallest absolute Gasteiger partial charge is 0.130 e. The van der Waals surface area contributed by atoms with Crippen molar-refractivity contribution >= 4 is 11.4 Å². The zero-order valence-corrected chi connectivity index (χ0v) is 12.4. The molecule has 110 valence electrons. The van der Waals surface area contributed by atoms with E-state index in [0.717, 1.165) is 22.8 Å². The van der Waals surface area contributed by atoms with Crippen LogP contribution in [0.3, 0.4) is 0 Å². The van der Waals surface area contributed by atoms with Crippen LogP contribution in [0.5, 0.6) is 5.75 Å². The molecular weight excluding hydrogens is 276 g/mol. The molecule has 0 amide bonds. The van der Waals surface area contributed by atoms with Crippen molar-refractivity contribution in [2.24, 2.45) is 10.2 Å². The quantitative estimate of drug-likeness (QED) is 0.716. The van der Waals surface area contributed by atoms with Crippen molar-refractivity contribution in [1.82, 2.24) is 9.78 Å². The number of hydrogen-bond donors (Lipinski definition) is 1. The van der Waals surface area contributed by atoms with Gasteiger partial charge in [-0.1, -0.05) is 18.2 Å². The first-order valence-electron chi connectivity index (χ1n) is 6.97. The number of phenols is 1. The van der Waals surface area contributed by atoms with Crippen molar-refractivity contribution < 1.29 is 5.11 Å². The van der Waals surface area contributed by atoms with Gasteiger partial charge >= 0.3 is 0 Å². The van der Waals surface area contributed by atoms with Gasteiger partial charge in [-0.15, -0.1) is 5.11 Å². The Kier molecular flexibility index (Phi) is 3.70. The summed E-state index contributed by atoms with van der Waals surface area (Å²) in [4.78, 5) is 0. The summed E-state index contributed by atoms with van der Waals surface area (Å²) in [6.45, 7) is 3.88. The van der Waals surface area contributed by atoms with Gasteiger partial charge in [0.05, 0.1) is 22.8 Å². The highest BCUT2D eigenvalue weighted by Gasteiger charge is 2.12. The van der Waals surface area contributed by atoms with Crippen LogP contribution >= 0.6 is 0 Å². The van der Waals surface area contributed by atoms with E-state index in [0.29, 0.717) is 5.69 Å². The van der Waals surface area contributed by atoms with Crippen LogP contribution in [0.4, 0.5) is 11.4 Å². The van der Waals surface area contributed by atoms with Crippen molar-refractivity contribution in [3.05, 3.63) is 66.0 Å². The van der Waals surface area contributed by atoms with Crippen molar-refractivity contribution in [1.29, 1.82) is 0 Å². The largest absolute Gasteiger partial charge is 0.508 e. The number of para-hydroxylation sites is 1. The molecule has 0 spiro atoms. The van der Waals surface area contributed by atoms with Crippen molar-refractivity contribution in [2.75, 3.05) is 0 Å². The molecule has 0 fully saturated rings. The lowest BCUT2D eigenvalue weighted by Crippen LogP contribution is -1.98. The van der Waals surface area contributed by atoms with E-state index in [9.17, 15) is 5.11 Å². The molecule has 0 bridgehead atoms. The third-order valence-electron chi connectivity index (χ3n) is 3.37. The molecule has 2 aromatic carbocycles. The number of azo groups is 1. The Morgan fingerprint density at radius 3 is 2.27 bits per heavy atom. The predicted octanol–water partition coefficient (Wildman–Crippen LogP) is 4.61. The molecule has 0 saturated carbocycles. The summed E-state index contributed by atoms with van der Waals surface area (Å²) in [5, 5.41) is 22.3. The molecule has 22 heavy (non-hydrogen) atoms. The summed E-state index contributed by atoms with van der Waals surface area (Å²) in [6.07, 6.45) is 0. The lowest BCUT2D eigenvalue weighted by atomic mass is 10.3. The van der Waals surface area contributed by atoms with Crippen LogP contribution in [0.15, 0.2) is 64.8 Å². The summed E-state index contributed by atoms with van der Waals surface area (Å²) in [7, 11) is 0. The molecule has 0 aliphatic carbocycles. The summed E-state index contributed by atoms with van der Waals surface area (Å²) >= 11 is 0. The Morgan fingerprint density at radius 2 is 1.59 bits per heavy atom. The zero-order chi connectivity index (χ0) is 15.5. The van der Waals surface area contributed by atoms with Crippen LogP contribution < -0.4 is 0 Å². The maximum atomic E-state index is 9.27. The Bertz CT molecular complexity index is 805. The SMILES string of the molecule is Cc1nn(-c2ccccc2)c(C)c1N=Nc1ccc(O)cc1. The molecular formula is C17H16N4O. The van der Waals surface area contributed by atoms with E-state index in [-0.39, 0.29) is 5.75 Å². The van der Waals surface area contributed by atoms with Crippen LogP contribution in [0.2, 0.25) is 0 Å². The fourth-order valence-electron chi connectivity index (χ4n) is 2.23. The minimum atomic E-state index is 0.211. The fraction of sp³-hybridized carbons (Fsp3) is 0.118. The maximum absolute atomic E-state index is 9.27. The molecule has 1 N–H and O–H groups in total. The Hall–Kier alpha value is -2.95. The van der Waals surface area contributed by atoms with E-state index < -0.39 is 0 Å². The van der Waals surface area contributed by atoms with Gasteiger partial charge in [-0.3, -0.25) is 0 Å². The van der Waals surface area contributed by atoms with Gasteiger partial charge in [0.2, 0.25) is 0 Å². The molecule has 3 rings (SSSR count). The highest BCUT2D eigenvalue weighted by molar-refractivity contribution is 5.50. The molecule has 0 aliphatic rings. The molecule has 0 aliphatic heterocycles. The molecule has 0 unspecified atom stereocenters. The predicted molar refractivity (Wildman–Crippen MR) is 85.3 cm³/mol. The number of benzene rings is 2. The van der Waals surface area contributed by atoms with E-state index in [2.05, 4.69) is 15.3 Å². The minimum absolute atomic E-state index is 0.211. The van der Waals surface area contributed by atoms with Gasteiger partial charge in [-0.25, -0.2) is 4.68 Å². The van der Waals surface area contributed by atoms with Gasteiger partial charge in [0.25, 0.3) is 0 Å². The Labute approximate surface area is 128 Å². The minimum Gasteiger partial charge on any atom is -0.508 e. The van der Waals surface area contributed by atoms with E-state index in [4.69, 9.17) is 0 Å². The highest BCUT2D eigenvalue weighted by Crippen LogP contribution is 2.28. The number of rotatable bonds is 3. The number of nitrogens with zero attached hydrogens (tertiary/aromatic N) is 4. The first-order valence-corrected chi connectivity index (χ1v) is 6.97. The number of phenolic OH excluding ortho intramolecular Hbond substituents is 1. The van der Waals surface area contributed by atoms with Gasteiger partial charge in [-0.2, -0.15) is 10.2 Å². The van der Waals surface area contributed by atoms with E-state index in [1.165, 1.54) is 0 Å². The second-order valence-corrected chi connectivity index (χ2v) is 4.98. The monoisotopic (exact) mass is 292 g/mol. The van der Waals surface area contributed by atoms with Gasteiger partial charge in [0, 0.05) is 0 Å². The van der Waals surface area contributed by atoms with Crippen LogP contribution in [0, 0.1) is 13.8 Å². The first kappa shape index (κ1) is 14.0. The summed E-state index contributed by atoms with van der Waals surface area (Å²) in [5.41, 5.74) is 4.20. The molecule has 5 heteroatoms. The van der Waals surface area contributed by atoms with E-state index in [1.54, 1.807) is 24.3 Å². The van der Waals surface area contributed by atoms with Gasteiger partial charge in [-0.05, 0) is 50.2 Å². The van der Waals surface area contributed by atoms with E-state index in [1.807, 2.05) is 48.9 Å². The molecule has 3 aromatic rings. The Morgan fingerprint density at radius 1 is 0.909 bits per heavy atom. The second kappa shape index (κ2) is 5.81. The normalized spacial score (nSPS) is 11.2. The average Bonchev–Trinajstić information content (AvgIpc) is 2.82. The number of aryl methyl sites for hydroxylation is 1. The van der Waals surface area contributed by atoms with Gasteiger partial charge < -0.3 is 5.11 Å². The zero-order valence-electron chi connectivity index (χ0n) is 12.4. The van der Waals surface area contributed by atoms with Crippen molar-refractivity contribution in [3.63, 3.8) is 0 Å². The Balaban J connectivity index is 1.95. The lowest BCUT2D eigenvalue weighted by molar-refractivity contribution is 0.475. The van der Waals surface area contributed by atoms with Crippen LogP contribution in [-0.4, -0.2) is 14.9 Å². The maximum Gasteiger partial charge on any atom is 0.130 e. The lowest BCUT2D eigenvalue weighted by Gasteiger charge is -2.03. The third-order valence-corrected chi connectivity index (χ3v) is 3.37. The van der Waals surface area contributed by atoms with Crippen LogP contribution in [-0.2, 0) is 0 Å². The third kappa shape index (κ3) is 2.74.